The van der Waals surface area contributed by atoms with E-state index in [0.717, 1.165) is 6.07 Å². The number of phenolic OH excluding ortho intramolecular Hbond substituents is 1. The number of nitrogens with zero attached hydrogens (tertiary/aromatic N) is 5. The van der Waals surface area contributed by atoms with Crippen molar-refractivity contribution in [1.82, 2.24) is 19.9 Å². The summed E-state index contributed by atoms with van der Waals surface area (Å²) in [5, 5.41) is 13.3. The maximum absolute atomic E-state index is 13.2. The van der Waals surface area contributed by atoms with Gasteiger partial charge in [0.05, 0.1) is 22.6 Å². The maximum Gasteiger partial charge on any atom is 0.416 e. The zero-order chi connectivity index (χ0) is 24.7. The Kier molecular flexibility index (Phi) is 6.35. The first kappa shape index (κ1) is 24.0. The van der Waals surface area contributed by atoms with E-state index >= 15 is 0 Å². The lowest BCUT2D eigenvalue weighted by molar-refractivity contribution is -0.137. The Morgan fingerprint density at radius 2 is 1.73 bits per heavy atom. The van der Waals surface area contributed by atoms with Crippen LogP contribution in [0.1, 0.15) is 40.3 Å². The molecule has 176 valence electrons. The smallest absolute Gasteiger partial charge is 0.416 e. The number of nitrogens with one attached hydrogen (secondary N) is 1. The molecule has 1 aromatic carbocycles. The van der Waals surface area contributed by atoms with Crippen LogP contribution in [0.15, 0.2) is 24.3 Å². The molecule has 8 nitrogen and oxygen atoms in total. The van der Waals surface area contributed by atoms with Gasteiger partial charge in [-0.15, -0.1) is 0 Å². The molecule has 0 radical (unpaired) electrons. The van der Waals surface area contributed by atoms with Gasteiger partial charge in [0.25, 0.3) is 5.91 Å². The molecular weight excluding hydrogens is 437 g/mol. The number of anilines is 2. The molecule has 11 heteroatoms. The second kappa shape index (κ2) is 8.72. The van der Waals surface area contributed by atoms with Crippen molar-refractivity contribution in [2.45, 2.75) is 26.1 Å². The summed E-state index contributed by atoms with van der Waals surface area (Å²) in [6.07, 6.45) is -4.60. The molecule has 2 N–H and O–H groups in total. The van der Waals surface area contributed by atoms with E-state index in [0.29, 0.717) is 40.1 Å². The van der Waals surface area contributed by atoms with Crippen LogP contribution in [0, 0.1) is 6.92 Å². The van der Waals surface area contributed by atoms with Gasteiger partial charge < -0.3 is 20.2 Å². The van der Waals surface area contributed by atoms with Gasteiger partial charge in [-0.2, -0.15) is 13.2 Å². The van der Waals surface area contributed by atoms with Crippen LogP contribution in [0.3, 0.4) is 0 Å². The molecule has 0 spiro atoms. The van der Waals surface area contributed by atoms with Crippen LogP contribution in [0.25, 0.3) is 11.0 Å². The highest BCUT2D eigenvalue weighted by Crippen LogP contribution is 2.35. The molecule has 0 aliphatic carbocycles. The number of benzene rings is 1. The van der Waals surface area contributed by atoms with E-state index in [1.54, 1.807) is 53.0 Å². The van der Waals surface area contributed by atoms with Crippen LogP contribution in [0.5, 0.6) is 5.75 Å². The van der Waals surface area contributed by atoms with Crippen LogP contribution in [0.2, 0.25) is 0 Å². The number of aromatic nitrogens is 3. The average Bonchev–Trinajstić information content (AvgIpc) is 2.70. The molecule has 2 heterocycles. The summed E-state index contributed by atoms with van der Waals surface area (Å²) in [7, 11) is 6.77. The second-order valence-corrected chi connectivity index (χ2v) is 8.12. The van der Waals surface area contributed by atoms with Gasteiger partial charge in [0.15, 0.2) is 5.65 Å². The number of carbonyl (C=O) groups excluding carboxylic acids is 1. The summed E-state index contributed by atoms with van der Waals surface area (Å²) in [6.45, 7) is 3.31. The first-order valence-electron chi connectivity index (χ1n) is 10.0. The third kappa shape index (κ3) is 5.07. The van der Waals surface area contributed by atoms with E-state index in [4.69, 9.17) is 0 Å². The third-order valence-corrected chi connectivity index (χ3v) is 4.96. The summed E-state index contributed by atoms with van der Waals surface area (Å²) in [6, 6.07) is 3.87. The molecule has 1 amide bonds. The largest absolute Gasteiger partial charge is 0.508 e. The molecule has 2 aromatic heterocycles. The summed E-state index contributed by atoms with van der Waals surface area (Å²) in [5.74, 6) is 0.380. The van der Waals surface area contributed by atoms with Crippen molar-refractivity contribution in [3.05, 3.63) is 46.8 Å². The van der Waals surface area contributed by atoms with E-state index in [1.807, 2.05) is 0 Å². The van der Waals surface area contributed by atoms with Crippen molar-refractivity contribution in [1.29, 1.82) is 0 Å². The van der Waals surface area contributed by atoms with Gasteiger partial charge in [0.2, 0.25) is 0 Å². The number of rotatable bonds is 5. The lowest BCUT2D eigenvalue weighted by Gasteiger charge is -2.21. The zero-order valence-electron chi connectivity index (χ0n) is 19.1. The SMILES string of the molecule is Cc1nc(N[C@H](C)c2cc(O)cc(C(F)(F)F)c2)c2cc(C(=O)N(C)C)c(N(C)C)nc2n1. The molecule has 0 bridgehead atoms. The van der Waals surface area contributed by atoms with Crippen molar-refractivity contribution < 1.29 is 23.1 Å². The number of hydrogen-bond donors (Lipinski definition) is 2. The zero-order valence-corrected chi connectivity index (χ0v) is 19.1. The van der Waals surface area contributed by atoms with Crippen molar-refractivity contribution in [3.8, 4) is 5.75 Å². The number of amides is 1. The quantitative estimate of drug-likeness (QED) is 0.592. The number of fused-ring (bicyclic) bond motifs is 1. The van der Waals surface area contributed by atoms with Gasteiger partial charge >= 0.3 is 6.18 Å². The lowest BCUT2D eigenvalue weighted by atomic mass is 10.0. The minimum atomic E-state index is -4.60. The fourth-order valence-corrected chi connectivity index (χ4v) is 3.34. The van der Waals surface area contributed by atoms with Gasteiger partial charge in [-0.3, -0.25) is 4.79 Å². The Morgan fingerprint density at radius 3 is 2.30 bits per heavy atom. The molecule has 3 rings (SSSR count). The van der Waals surface area contributed by atoms with Gasteiger partial charge in [-0.25, -0.2) is 15.0 Å². The van der Waals surface area contributed by atoms with Crippen LogP contribution < -0.4 is 10.2 Å². The number of aromatic hydroxyl groups is 1. The van der Waals surface area contributed by atoms with E-state index in [9.17, 15) is 23.1 Å². The first-order chi connectivity index (χ1) is 15.3. The Labute approximate surface area is 189 Å². The number of aryl methyl sites for hydroxylation is 1. The molecule has 0 aliphatic heterocycles. The van der Waals surface area contributed by atoms with Crippen molar-refractivity contribution in [3.63, 3.8) is 0 Å². The summed E-state index contributed by atoms with van der Waals surface area (Å²) in [5.41, 5.74) is -0.0688. The molecule has 33 heavy (non-hydrogen) atoms. The minimum Gasteiger partial charge on any atom is -0.508 e. The van der Waals surface area contributed by atoms with Crippen molar-refractivity contribution >= 4 is 28.6 Å². The van der Waals surface area contributed by atoms with Crippen LogP contribution in [-0.4, -0.2) is 59.1 Å². The number of pyridine rings is 1. The first-order valence-corrected chi connectivity index (χ1v) is 10.0. The monoisotopic (exact) mass is 462 g/mol. The number of hydrogen-bond acceptors (Lipinski definition) is 7. The Hall–Kier alpha value is -3.63. The van der Waals surface area contributed by atoms with Gasteiger partial charge in [0.1, 0.15) is 23.2 Å². The summed E-state index contributed by atoms with van der Waals surface area (Å²) in [4.78, 5) is 29.2. The summed E-state index contributed by atoms with van der Waals surface area (Å²) >= 11 is 0. The predicted octanol–water partition coefficient (Wildman–Crippen LogP) is 4.00. The highest BCUT2D eigenvalue weighted by Gasteiger charge is 2.32. The van der Waals surface area contributed by atoms with Crippen LogP contribution >= 0.6 is 0 Å². The number of alkyl halides is 3. The van der Waals surface area contributed by atoms with Crippen LogP contribution in [-0.2, 0) is 6.18 Å². The van der Waals surface area contributed by atoms with Gasteiger partial charge in [0, 0.05) is 28.2 Å². The predicted molar refractivity (Wildman–Crippen MR) is 120 cm³/mol. The fraction of sp³-hybridized carbons (Fsp3) is 0.364. The third-order valence-electron chi connectivity index (χ3n) is 4.96. The van der Waals surface area contributed by atoms with E-state index in [1.165, 1.54) is 11.0 Å². The number of carbonyl (C=O) groups is 1. The molecule has 0 unspecified atom stereocenters. The molecule has 0 aliphatic rings. The van der Waals surface area contributed by atoms with Crippen LogP contribution in [0.4, 0.5) is 24.8 Å². The normalized spacial score (nSPS) is 12.5. The molecule has 0 saturated heterocycles. The molecule has 0 fully saturated rings. The van der Waals surface area contributed by atoms with Crippen molar-refractivity contribution in [2.75, 3.05) is 38.4 Å². The molecule has 3 aromatic rings. The average molecular weight is 462 g/mol. The highest BCUT2D eigenvalue weighted by atomic mass is 19.4. The Bertz CT molecular complexity index is 1210. The molecular formula is C22H25F3N6O2. The number of phenols is 1. The number of halogens is 3. The van der Waals surface area contributed by atoms with Gasteiger partial charge in [-0.1, -0.05) is 0 Å². The molecule has 0 saturated carbocycles. The van der Waals surface area contributed by atoms with E-state index in [-0.39, 0.29) is 11.5 Å². The lowest BCUT2D eigenvalue weighted by Crippen LogP contribution is -2.25. The van der Waals surface area contributed by atoms with E-state index < -0.39 is 23.5 Å². The fourth-order valence-electron chi connectivity index (χ4n) is 3.34. The maximum atomic E-state index is 13.2. The summed E-state index contributed by atoms with van der Waals surface area (Å²) < 4.78 is 39.6. The van der Waals surface area contributed by atoms with E-state index in [2.05, 4.69) is 20.3 Å². The minimum absolute atomic E-state index is 0.217. The Morgan fingerprint density at radius 1 is 1.06 bits per heavy atom. The Balaban J connectivity index is 2.12. The molecule has 1 atom stereocenters. The standard InChI is InChI=1S/C22H25F3N6O2/c1-11(13-7-14(22(23,24)25)9-15(32)8-13)26-18-16-10-17(21(33)31(5)6)20(30(3)4)29-19(16)28-12(2)27-18/h7-11,32H,1-6H3,(H,26,27,28,29)/t11-/m1/s1. The second-order valence-electron chi connectivity index (χ2n) is 8.12. The topological polar surface area (TPSA) is 94.5 Å². The van der Waals surface area contributed by atoms with Crippen molar-refractivity contribution in [2.24, 2.45) is 0 Å². The highest BCUT2D eigenvalue weighted by molar-refractivity contribution is 6.03. The van der Waals surface area contributed by atoms with Gasteiger partial charge in [-0.05, 0) is 43.7 Å².